The van der Waals surface area contributed by atoms with Crippen LogP contribution in [0.25, 0.3) is 0 Å². The third kappa shape index (κ3) is 4.13. The molecule has 2 aliphatic rings. The molecule has 0 N–H and O–H groups in total. The molecule has 1 unspecified atom stereocenters. The zero-order valence-corrected chi connectivity index (χ0v) is 11.9. The van der Waals surface area contributed by atoms with Crippen molar-refractivity contribution in [3.05, 3.63) is 0 Å². The molecule has 1 nitrogen and oxygen atoms in total. The highest BCUT2D eigenvalue weighted by Gasteiger charge is 2.32. The van der Waals surface area contributed by atoms with Gasteiger partial charge < -0.3 is 4.90 Å². The van der Waals surface area contributed by atoms with Crippen molar-refractivity contribution in [1.82, 2.24) is 4.90 Å². The third-order valence-corrected chi connectivity index (χ3v) is 4.95. The molecular weight excluding hydrogens is 230 g/mol. The van der Waals surface area contributed by atoms with E-state index in [9.17, 15) is 0 Å². The molecule has 0 radical (unpaired) electrons. The Balaban J connectivity index is 1.64. The van der Waals surface area contributed by atoms with Crippen LogP contribution in [0.4, 0.5) is 0 Å². The van der Waals surface area contributed by atoms with Gasteiger partial charge in [0.1, 0.15) is 0 Å². The lowest BCUT2D eigenvalue weighted by atomic mass is 9.96. The van der Waals surface area contributed by atoms with Crippen LogP contribution in [-0.2, 0) is 0 Å². The van der Waals surface area contributed by atoms with Gasteiger partial charge in [0, 0.05) is 11.9 Å². The predicted molar refractivity (Wildman–Crippen MR) is 75.7 cm³/mol. The number of unbranched alkanes of at least 4 members (excludes halogenated alkanes) is 3. The van der Waals surface area contributed by atoms with E-state index in [0.29, 0.717) is 0 Å². The Labute approximate surface area is 112 Å². The molecule has 1 saturated carbocycles. The van der Waals surface area contributed by atoms with E-state index >= 15 is 0 Å². The van der Waals surface area contributed by atoms with Crippen molar-refractivity contribution >= 4 is 11.6 Å². The van der Waals surface area contributed by atoms with E-state index in [0.717, 1.165) is 17.8 Å². The van der Waals surface area contributed by atoms with Gasteiger partial charge in [-0.15, -0.1) is 11.6 Å². The first-order chi connectivity index (χ1) is 8.42. The minimum absolute atomic E-state index is 0.842. The summed E-state index contributed by atoms with van der Waals surface area (Å²) in [4.78, 5) is 2.80. The van der Waals surface area contributed by atoms with E-state index in [2.05, 4.69) is 4.90 Å². The third-order valence-electron chi connectivity index (χ3n) is 4.69. The molecule has 0 spiro atoms. The first kappa shape index (κ1) is 13.7. The average molecular weight is 258 g/mol. The minimum atomic E-state index is 0.842. The van der Waals surface area contributed by atoms with E-state index in [1.54, 1.807) is 0 Å². The van der Waals surface area contributed by atoms with E-state index in [-0.39, 0.29) is 0 Å². The summed E-state index contributed by atoms with van der Waals surface area (Å²) in [6.45, 7) is 2.72. The molecular formula is C15H28ClN. The second-order valence-electron chi connectivity index (χ2n) is 5.89. The van der Waals surface area contributed by atoms with Crippen molar-refractivity contribution in [2.75, 3.05) is 19.0 Å². The summed E-state index contributed by atoms with van der Waals surface area (Å²) in [5.41, 5.74) is 0. The van der Waals surface area contributed by atoms with Gasteiger partial charge in [-0.25, -0.2) is 0 Å². The second-order valence-corrected chi connectivity index (χ2v) is 6.27. The fourth-order valence-corrected chi connectivity index (χ4v) is 3.96. The molecule has 2 heteroatoms. The second kappa shape index (κ2) is 7.63. The summed E-state index contributed by atoms with van der Waals surface area (Å²) < 4.78 is 0. The molecule has 2 fully saturated rings. The van der Waals surface area contributed by atoms with Gasteiger partial charge in [0.2, 0.25) is 0 Å². The van der Waals surface area contributed by atoms with Gasteiger partial charge in [0.25, 0.3) is 0 Å². The first-order valence-corrected chi connectivity index (χ1v) is 8.25. The SMILES string of the molecule is ClCCCCCCN1CCCC1C1CCCC1. The fraction of sp³-hybridized carbons (Fsp3) is 1.00. The zero-order valence-electron chi connectivity index (χ0n) is 11.2. The van der Waals surface area contributed by atoms with E-state index in [1.807, 2.05) is 0 Å². The molecule has 100 valence electrons. The highest BCUT2D eigenvalue weighted by atomic mass is 35.5. The van der Waals surface area contributed by atoms with Gasteiger partial charge in [-0.05, 0) is 57.5 Å². The Kier molecular flexibility index (Phi) is 6.14. The van der Waals surface area contributed by atoms with Crippen LogP contribution in [0.15, 0.2) is 0 Å². The minimum Gasteiger partial charge on any atom is -0.300 e. The van der Waals surface area contributed by atoms with Crippen LogP contribution < -0.4 is 0 Å². The maximum Gasteiger partial charge on any atom is 0.0223 e. The van der Waals surface area contributed by atoms with Gasteiger partial charge in [-0.1, -0.05) is 25.7 Å². The molecule has 1 aliphatic carbocycles. The monoisotopic (exact) mass is 257 g/mol. The lowest BCUT2D eigenvalue weighted by Crippen LogP contribution is -2.35. The highest BCUT2D eigenvalue weighted by molar-refractivity contribution is 6.17. The Morgan fingerprint density at radius 1 is 0.882 bits per heavy atom. The van der Waals surface area contributed by atoms with Crippen LogP contribution in [0.2, 0.25) is 0 Å². The summed E-state index contributed by atoms with van der Waals surface area (Å²) in [5, 5.41) is 0. The van der Waals surface area contributed by atoms with Crippen LogP contribution in [-0.4, -0.2) is 29.9 Å². The topological polar surface area (TPSA) is 3.24 Å². The number of nitrogens with zero attached hydrogens (tertiary/aromatic N) is 1. The molecule has 0 bridgehead atoms. The van der Waals surface area contributed by atoms with Crippen LogP contribution in [0.5, 0.6) is 0 Å². The van der Waals surface area contributed by atoms with Crippen molar-refractivity contribution < 1.29 is 0 Å². The van der Waals surface area contributed by atoms with Crippen molar-refractivity contribution in [3.8, 4) is 0 Å². The molecule has 1 saturated heterocycles. The highest BCUT2D eigenvalue weighted by Crippen LogP contribution is 2.35. The summed E-state index contributed by atoms with van der Waals surface area (Å²) in [6, 6.07) is 0.950. The number of likely N-dealkylation sites (tertiary alicyclic amines) is 1. The van der Waals surface area contributed by atoms with Gasteiger partial charge in [0.05, 0.1) is 0 Å². The summed E-state index contributed by atoms with van der Waals surface area (Å²) in [7, 11) is 0. The summed E-state index contributed by atoms with van der Waals surface area (Å²) >= 11 is 5.71. The molecule has 1 heterocycles. The van der Waals surface area contributed by atoms with Crippen LogP contribution in [0.1, 0.15) is 64.2 Å². The van der Waals surface area contributed by atoms with E-state index in [1.165, 1.54) is 77.3 Å². The zero-order chi connectivity index (χ0) is 11.9. The van der Waals surface area contributed by atoms with Crippen LogP contribution in [0, 0.1) is 5.92 Å². The van der Waals surface area contributed by atoms with Crippen LogP contribution >= 0.6 is 11.6 Å². The van der Waals surface area contributed by atoms with Crippen molar-refractivity contribution in [3.63, 3.8) is 0 Å². The van der Waals surface area contributed by atoms with Gasteiger partial charge in [-0.3, -0.25) is 0 Å². The summed E-state index contributed by atoms with van der Waals surface area (Å²) in [5.74, 6) is 1.88. The van der Waals surface area contributed by atoms with Crippen LogP contribution in [0.3, 0.4) is 0 Å². The maximum atomic E-state index is 5.71. The molecule has 1 aliphatic heterocycles. The van der Waals surface area contributed by atoms with E-state index < -0.39 is 0 Å². The normalized spacial score (nSPS) is 27.0. The van der Waals surface area contributed by atoms with Crippen molar-refractivity contribution in [2.45, 2.75) is 70.3 Å². The average Bonchev–Trinajstić information content (AvgIpc) is 2.98. The Morgan fingerprint density at radius 2 is 1.65 bits per heavy atom. The van der Waals surface area contributed by atoms with Crippen molar-refractivity contribution in [1.29, 1.82) is 0 Å². The van der Waals surface area contributed by atoms with E-state index in [4.69, 9.17) is 11.6 Å². The van der Waals surface area contributed by atoms with Gasteiger partial charge in [0.15, 0.2) is 0 Å². The molecule has 0 aromatic rings. The number of alkyl halides is 1. The van der Waals surface area contributed by atoms with Gasteiger partial charge >= 0.3 is 0 Å². The Hall–Kier alpha value is 0.250. The maximum absolute atomic E-state index is 5.71. The quantitative estimate of drug-likeness (QED) is 0.481. The number of halogens is 1. The van der Waals surface area contributed by atoms with Crippen molar-refractivity contribution in [2.24, 2.45) is 5.92 Å². The molecule has 0 amide bonds. The molecule has 1 atom stereocenters. The smallest absolute Gasteiger partial charge is 0.0223 e. The standard InChI is InChI=1S/C15H28ClN/c16-11-5-1-2-6-12-17-13-7-10-15(17)14-8-3-4-9-14/h14-15H,1-13H2. The molecule has 2 rings (SSSR count). The number of hydrogen-bond acceptors (Lipinski definition) is 1. The largest absolute Gasteiger partial charge is 0.300 e. The molecule has 0 aromatic carbocycles. The number of hydrogen-bond donors (Lipinski definition) is 0. The predicted octanol–water partition coefficient (Wildman–Crippen LogP) is 4.44. The lowest BCUT2D eigenvalue weighted by Gasteiger charge is -2.29. The van der Waals surface area contributed by atoms with Gasteiger partial charge in [-0.2, -0.15) is 0 Å². The number of rotatable bonds is 7. The first-order valence-electron chi connectivity index (χ1n) is 7.72. The Bertz CT molecular complexity index is 201. The molecule has 17 heavy (non-hydrogen) atoms. The lowest BCUT2D eigenvalue weighted by molar-refractivity contribution is 0.187. The Morgan fingerprint density at radius 3 is 2.41 bits per heavy atom. The fourth-order valence-electron chi connectivity index (χ4n) is 3.77. The summed E-state index contributed by atoms with van der Waals surface area (Å²) in [6.07, 6.45) is 14.2. The molecule has 0 aromatic heterocycles.